The van der Waals surface area contributed by atoms with E-state index in [1.807, 2.05) is 32.6 Å². The second kappa shape index (κ2) is 7.64. The molecule has 0 aromatic rings. The van der Waals surface area contributed by atoms with Crippen LogP contribution in [0.1, 0.15) is 47.0 Å². The molecule has 0 aromatic carbocycles. The third-order valence-electron chi connectivity index (χ3n) is 3.79. The maximum atomic E-state index is 12.9. The zero-order valence-electron chi connectivity index (χ0n) is 13.7. The van der Waals surface area contributed by atoms with Crippen LogP contribution in [0.3, 0.4) is 0 Å². The van der Waals surface area contributed by atoms with Crippen LogP contribution in [-0.2, 0) is 4.79 Å². The number of carbonyl (C=O) groups is 2. The number of carboxylic acids is 1. The van der Waals surface area contributed by atoms with E-state index < -0.39 is 11.5 Å². The summed E-state index contributed by atoms with van der Waals surface area (Å²) < 4.78 is 0. The van der Waals surface area contributed by atoms with Gasteiger partial charge in [0.1, 0.15) is 6.54 Å². The summed E-state index contributed by atoms with van der Waals surface area (Å²) in [4.78, 5) is 27.3. The minimum absolute atomic E-state index is 0.154. The third kappa shape index (κ3) is 5.19. The molecule has 0 atom stereocenters. The summed E-state index contributed by atoms with van der Waals surface area (Å²) in [6.07, 6.45) is 2.73. The minimum Gasteiger partial charge on any atom is -0.480 e. The number of nitrogens with zero attached hydrogens (tertiary/aromatic N) is 2. The lowest BCUT2D eigenvalue weighted by atomic mass is 10.0. The maximum Gasteiger partial charge on any atom is 0.323 e. The van der Waals surface area contributed by atoms with Crippen molar-refractivity contribution < 1.29 is 14.7 Å². The lowest BCUT2D eigenvalue weighted by Crippen LogP contribution is -2.57. The lowest BCUT2D eigenvalue weighted by molar-refractivity contribution is -0.138. The molecule has 2 N–H and O–H groups in total. The van der Waals surface area contributed by atoms with Crippen molar-refractivity contribution in [1.82, 2.24) is 15.1 Å². The topological polar surface area (TPSA) is 72.9 Å². The van der Waals surface area contributed by atoms with Gasteiger partial charge in [-0.25, -0.2) is 4.79 Å². The van der Waals surface area contributed by atoms with Gasteiger partial charge < -0.3 is 20.2 Å². The van der Waals surface area contributed by atoms with Gasteiger partial charge in [-0.3, -0.25) is 4.79 Å². The second-order valence-corrected chi connectivity index (χ2v) is 6.61. The van der Waals surface area contributed by atoms with Crippen LogP contribution in [0.2, 0.25) is 0 Å². The van der Waals surface area contributed by atoms with Crippen LogP contribution in [0.15, 0.2) is 0 Å². The highest BCUT2D eigenvalue weighted by Crippen LogP contribution is 2.20. The largest absolute Gasteiger partial charge is 0.480 e. The Labute approximate surface area is 127 Å². The molecule has 1 aliphatic heterocycles. The number of carboxylic acid groups (broad SMARTS) is 1. The molecule has 0 radical (unpaired) electrons. The summed E-state index contributed by atoms with van der Waals surface area (Å²) in [5.41, 5.74) is -0.506. The SMILES string of the molecule is CCCN(C(=O)N(CC(=O)O)C(C)(C)C)C1CCNCC1. The van der Waals surface area contributed by atoms with Crippen molar-refractivity contribution in [3.63, 3.8) is 0 Å². The molecular weight excluding hydrogens is 270 g/mol. The van der Waals surface area contributed by atoms with Crippen molar-refractivity contribution in [2.24, 2.45) is 0 Å². The number of aliphatic carboxylic acids is 1. The molecule has 6 nitrogen and oxygen atoms in total. The van der Waals surface area contributed by atoms with Crippen LogP contribution >= 0.6 is 0 Å². The molecule has 1 fully saturated rings. The number of piperidine rings is 1. The molecule has 1 heterocycles. The number of nitrogens with one attached hydrogen (secondary N) is 1. The minimum atomic E-state index is -0.972. The van der Waals surface area contributed by atoms with E-state index in [0.717, 1.165) is 32.4 Å². The Morgan fingerprint density at radius 1 is 1.24 bits per heavy atom. The van der Waals surface area contributed by atoms with Crippen LogP contribution in [0, 0.1) is 0 Å². The molecule has 122 valence electrons. The van der Waals surface area contributed by atoms with Crippen LogP contribution in [0.5, 0.6) is 0 Å². The molecule has 21 heavy (non-hydrogen) atoms. The Morgan fingerprint density at radius 2 is 1.81 bits per heavy atom. The summed E-state index contributed by atoms with van der Waals surface area (Å²) in [5, 5.41) is 12.4. The van der Waals surface area contributed by atoms with Gasteiger partial charge in [0.2, 0.25) is 0 Å². The van der Waals surface area contributed by atoms with E-state index in [9.17, 15) is 9.59 Å². The zero-order chi connectivity index (χ0) is 16.0. The highest BCUT2D eigenvalue weighted by Gasteiger charge is 2.34. The second-order valence-electron chi connectivity index (χ2n) is 6.61. The van der Waals surface area contributed by atoms with Crippen LogP contribution < -0.4 is 5.32 Å². The van der Waals surface area contributed by atoms with E-state index in [4.69, 9.17) is 5.11 Å². The Balaban J connectivity index is 2.91. The number of hydrogen-bond acceptors (Lipinski definition) is 3. The summed E-state index contributed by atoms with van der Waals surface area (Å²) >= 11 is 0. The molecule has 0 saturated carbocycles. The summed E-state index contributed by atoms with van der Waals surface area (Å²) in [7, 11) is 0. The van der Waals surface area contributed by atoms with E-state index >= 15 is 0 Å². The molecule has 1 rings (SSSR count). The van der Waals surface area contributed by atoms with Gasteiger partial charge in [0.25, 0.3) is 0 Å². The standard InChI is InChI=1S/C15H29N3O3/c1-5-10-17(12-6-8-16-9-7-12)14(21)18(11-13(19)20)15(2,3)4/h12,16H,5-11H2,1-4H3,(H,19,20). The normalized spacial score (nSPS) is 16.6. The van der Waals surface area contributed by atoms with Gasteiger partial charge in [0.15, 0.2) is 0 Å². The Morgan fingerprint density at radius 3 is 2.24 bits per heavy atom. The molecule has 0 unspecified atom stereocenters. The van der Waals surface area contributed by atoms with E-state index in [1.165, 1.54) is 4.90 Å². The van der Waals surface area contributed by atoms with Gasteiger partial charge in [-0.1, -0.05) is 6.92 Å². The third-order valence-corrected chi connectivity index (χ3v) is 3.79. The first-order chi connectivity index (χ1) is 9.77. The van der Waals surface area contributed by atoms with Crippen molar-refractivity contribution >= 4 is 12.0 Å². The smallest absolute Gasteiger partial charge is 0.323 e. The van der Waals surface area contributed by atoms with Crippen molar-refractivity contribution in [3.05, 3.63) is 0 Å². The van der Waals surface area contributed by atoms with Gasteiger partial charge in [-0.15, -0.1) is 0 Å². The number of hydrogen-bond donors (Lipinski definition) is 2. The molecule has 0 aromatic heterocycles. The molecular formula is C15H29N3O3. The average molecular weight is 299 g/mol. The monoisotopic (exact) mass is 299 g/mol. The van der Waals surface area contributed by atoms with Crippen molar-refractivity contribution in [3.8, 4) is 0 Å². The maximum absolute atomic E-state index is 12.9. The van der Waals surface area contributed by atoms with Gasteiger partial charge in [-0.05, 0) is 53.1 Å². The molecule has 2 amide bonds. The Hall–Kier alpha value is -1.30. The summed E-state index contributed by atoms with van der Waals surface area (Å²) in [5.74, 6) is -0.972. The Kier molecular flexibility index (Phi) is 6.45. The van der Waals surface area contributed by atoms with E-state index in [-0.39, 0.29) is 18.6 Å². The molecule has 1 aliphatic rings. The van der Waals surface area contributed by atoms with E-state index in [1.54, 1.807) is 0 Å². The number of rotatable bonds is 5. The molecule has 1 saturated heterocycles. The van der Waals surface area contributed by atoms with Gasteiger partial charge >= 0.3 is 12.0 Å². The quantitative estimate of drug-likeness (QED) is 0.811. The van der Waals surface area contributed by atoms with Crippen LogP contribution in [0.25, 0.3) is 0 Å². The average Bonchev–Trinajstić information content (AvgIpc) is 2.41. The molecule has 6 heteroatoms. The number of carbonyl (C=O) groups excluding carboxylic acids is 1. The van der Waals surface area contributed by atoms with Gasteiger partial charge in [0, 0.05) is 18.1 Å². The van der Waals surface area contributed by atoms with Crippen molar-refractivity contribution in [2.45, 2.75) is 58.5 Å². The molecule has 0 aliphatic carbocycles. The van der Waals surface area contributed by atoms with Crippen LogP contribution in [-0.4, -0.2) is 64.7 Å². The summed E-state index contributed by atoms with van der Waals surface area (Å²) in [6.45, 7) is 9.91. The Bertz CT molecular complexity index is 360. The van der Waals surface area contributed by atoms with Crippen LogP contribution in [0.4, 0.5) is 4.79 Å². The zero-order valence-corrected chi connectivity index (χ0v) is 13.7. The fourth-order valence-electron chi connectivity index (χ4n) is 2.68. The van der Waals surface area contributed by atoms with Crippen molar-refractivity contribution in [1.29, 1.82) is 0 Å². The predicted molar refractivity (Wildman–Crippen MR) is 82.4 cm³/mol. The highest BCUT2D eigenvalue weighted by atomic mass is 16.4. The lowest BCUT2D eigenvalue weighted by Gasteiger charge is -2.42. The van der Waals surface area contributed by atoms with Crippen molar-refractivity contribution in [2.75, 3.05) is 26.2 Å². The predicted octanol–water partition coefficient (Wildman–Crippen LogP) is 1.76. The molecule has 0 spiro atoms. The highest BCUT2D eigenvalue weighted by molar-refractivity contribution is 5.81. The number of urea groups is 1. The number of amides is 2. The first-order valence-electron chi connectivity index (χ1n) is 7.78. The van der Waals surface area contributed by atoms with E-state index in [0.29, 0.717) is 6.54 Å². The van der Waals surface area contributed by atoms with Gasteiger partial charge in [0.05, 0.1) is 0 Å². The first kappa shape index (κ1) is 17.8. The fraction of sp³-hybridized carbons (Fsp3) is 0.867. The van der Waals surface area contributed by atoms with E-state index in [2.05, 4.69) is 5.32 Å². The molecule has 0 bridgehead atoms. The first-order valence-corrected chi connectivity index (χ1v) is 7.78. The fourth-order valence-corrected chi connectivity index (χ4v) is 2.68. The summed E-state index contributed by atoms with van der Waals surface area (Å²) in [6, 6.07) is 0.0518. The van der Waals surface area contributed by atoms with Gasteiger partial charge in [-0.2, -0.15) is 0 Å².